The van der Waals surface area contributed by atoms with Gasteiger partial charge in [0.25, 0.3) is 0 Å². The van der Waals surface area contributed by atoms with Crippen LogP contribution in [0.5, 0.6) is 0 Å². The van der Waals surface area contributed by atoms with Gasteiger partial charge in [-0.1, -0.05) is 39.1 Å². The van der Waals surface area contributed by atoms with Gasteiger partial charge in [0.05, 0.1) is 4.34 Å². The Hall–Kier alpha value is 0.670. The molecule has 1 fully saturated rings. The summed E-state index contributed by atoms with van der Waals surface area (Å²) in [6, 6.07) is 1.43. The van der Waals surface area contributed by atoms with Crippen LogP contribution in [0.15, 0.2) is 11.0 Å². The first-order valence-electron chi connectivity index (χ1n) is 4.99. The summed E-state index contributed by atoms with van der Waals surface area (Å²) in [4.78, 5) is 0.127. The van der Waals surface area contributed by atoms with Crippen molar-refractivity contribution in [3.8, 4) is 0 Å². The molecular weight excluding hydrogens is 369 g/mol. The lowest BCUT2D eigenvalue weighted by atomic mass is 10.3. The van der Waals surface area contributed by atoms with Crippen LogP contribution < -0.4 is 0 Å². The standard InChI is InChI=1S/C9H10BrCl2NO2S2/c10-5-6-2-1-3-13(6)17(14,15)7-4-8(11)16-9(7)12/h4,6H,1-3,5H2. The SMILES string of the molecule is O=S(=O)(c1cc(Cl)sc1Cl)N1CCCC1CBr. The Morgan fingerprint density at radius 3 is 2.76 bits per heavy atom. The highest BCUT2D eigenvalue weighted by Crippen LogP contribution is 2.37. The van der Waals surface area contributed by atoms with E-state index in [1.54, 1.807) is 0 Å². The first-order valence-corrected chi connectivity index (χ1v) is 9.13. The van der Waals surface area contributed by atoms with E-state index in [9.17, 15) is 8.42 Å². The minimum absolute atomic E-state index is 0.00902. The van der Waals surface area contributed by atoms with E-state index >= 15 is 0 Å². The maximum Gasteiger partial charge on any atom is 0.245 e. The number of sulfonamides is 1. The molecule has 1 atom stereocenters. The van der Waals surface area contributed by atoms with Gasteiger partial charge in [-0.2, -0.15) is 4.31 Å². The molecule has 0 radical (unpaired) electrons. The number of hydrogen-bond donors (Lipinski definition) is 0. The molecule has 17 heavy (non-hydrogen) atoms. The maximum atomic E-state index is 12.4. The minimum atomic E-state index is -3.51. The largest absolute Gasteiger partial charge is 0.245 e. The Bertz CT molecular complexity index is 517. The van der Waals surface area contributed by atoms with Gasteiger partial charge >= 0.3 is 0 Å². The summed E-state index contributed by atoms with van der Waals surface area (Å²) >= 11 is 16.1. The van der Waals surface area contributed by atoms with E-state index in [4.69, 9.17) is 23.2 Å². The fourth-order valence-electron chi connectivity index (χ4n) is 1.91. The normalized spacial score (nSPS) is 22.2. The van der Waals surface area contributed by atoms with Gasteiger partial charge in [-0.15, -0.1) is 11.3 Å². The van der Waals surface area contributed by atoms with Crippen LogP contribution in [0, 0.1) is 0 Å². The third-order valence-electron chi connectivity index (χ3n) is 2.71. The zero-order valence-electron chi connectivity index (χ0n) is 8.70. The van der Waals surface area contributed by atoms with Crippen molar-refractivity contribution >= 4 is 60.5 Å². The number of nitrogens with zero attached hydrogens (tertiary/aromatic N) is 1. The molecule has 1 aromatic rings. The van der Waals surface area contributed by atoms with Crippen LogP contribution in [-0.2, 0) is 10.0 Å². The molecule has 8 heteroatoms. The summed E-state index contributed by atoms with van der Waals surface area (Å²) in [5, 5.41) is 0.641. The molecule has 1 aliphatic heterocycles. The van der Waals surface area contributed by atoms with E-state index in [1.165, 1.54) is 10.4 Å². The van der Waals surface area contributed by atoms with Crippen LogP contribution in [0.2, 0.25) is 8.67 Å². The summed E-state index contributed by atoms with van der Waals surface area (Å²) in [6.07, 6.45) is 1.75. The summed E-state index contributed by atoms with van der Waals surface area (Å²) in [5.41, 5.74) is 0. The Labute approximate surface area is 123 Å². The van der Waals surface area contributed by atoms with Crippen LogP contribution in [0.3, 0.4) is 0 Å². The van der Waals surface area contributed by atoms with Crippen molar-refractivity contribution in [1.82, 2.24) is 4.31 Å². The van der Waals surface area contributed by atoms with Gasteiger partial charge in [0, 0.05) is 17.9 Å². The average Bonchev–Trinajstić information content (AvgIpc) is 2.84. The molecule has 0 N–H and O–H groups in total. The second-order valence-corrected chi connectivity index (χ2v) is 8.55. The molecule has 0 amide bonds. The lowest BCUT2D eigenvalue weighted by Crippen LogP contribution is -2.36. The minimum Gasteiger partial charge on any atom is -0.207 e. The Morgan fingerprint density at radius 2 is 2.24 bits per heavy atom. The molecule has 0 bridgehead atoms. The molecule has 1 saturated heterocycles. The number of alkyl halides is 1. The Kier molecular flexibility index (Phi) is 4.43. The number of rotatable bonds is 3. The summed E-state index contributed by atoms with van der Waals surface area (Å²) in [7, 11) is -3.51. The second kappa shape index (κ2) is 5.35. The van der Waals surface area contributed by atoms with Crippen LogP contribution in [0.25, 0.3) is 0 Å². The predicted molar refractivity (Wildman–Crippen MR) is 75.0 cm³/mol. The molecule has 0 aromatic carbocycles. The molecule has 0 spiro atoms. The Morgan fingerprint density at radius 1 is 1.53 bits per heavy atom. The van der Waals surface area contributed by atoms with E-state index in [2.05, 4.69) is 15.9 Å². The summed E-state index contributed by atoms with van der Waals surface area (Å²) in [5.74, 6) is 0. The van der Waals surface area contributed by atoms with Crippen LogP contribution in [0.4, 0.5) is 0 Å². The highest BCUT2D eigenvalue weighted by atomic mass is 79.9. The van der Waals surface area contributed by atoms with Gasteiger partial charge < -0.3 is 0 Å². The third-order valence-corrected chi connectivity index (χ3v) is 7.17. The quantitative estimate of drug-likeness (QED) is 0.753. The fourth-order valence-corrected chi connectivity index (χ4v) is 6.58. The van der Waals surface area contributed by atoms with Crippen molar-refractivity contribution in [3.05, 3.63) is 14.7 Å². The van der Waals surface area contributed by atoms with Gasteiger partial charge in [0.15, 0.2) is 0 Å². The number of thiophene rings is 1. The highest BCUT2D eigenvalue weighted by molar-refractivity contribution is 9.09. The van der Waals surface area contributed by atoms with Crippen molar-refractivity contribution in [2.75, 3.05) is 11.9 Å². The van der Waals surface area contributed by atoms with Crippen molar-refractivity contribution < 1.29 is 8.42 Å². The van der Waals surface area contributed by atoms with Crippen molar-refractivity contribution in [3.63, 3.8) is 0 Å². The van der Waals surface area contributed by atoms with E-state index in [-0.39, 0.29) is 15.3 Å². The molecule has 1 aliphatic rings. The van der Waals surface area contributed by atoms with Crippen LogP contribution in [0.1, 0.15) is 12.8 Å². The topological polar surface area (TPSA) is 37.4 Å². The fraction of sp³-hybridized carbons (Fsp3) is 0.556. The van der Waals surface area contributed by atoms with Crippen molar-refractivity contribution in [2.45, 2.75) is 23.8 Å². The van der Waals surface area contributed by atoms with Gasteiger partial charge in [-0.3, -0.25) is 0 Å². The first kappa shape index (κ1) is 14.1. The third kappa shape index (κ3) is 2.67. The van der Waals surface area contributed by atoms with E-state index < -0.39 is 10.0 Å². The molecular formula is C9H10BrCl2NO2S2. The van der Waals surface area contributed by atoms with Gasteiger partial charge in [0.2, 0.25) is 10.0 Å². The van der Waals surface area contributed by atoms with Crippen LogP contribution >= 0.6 is 50.5 Å². The zero-order valence-corrected chi connectivity index (χ0v) is 13.4. The smallest absolute Gasteiger partial charge is 0.207 e. The molecule has 3 nitrogen and oxygen atoms in total. The molecule has 96 valence electrons. The van der Waals surface area contributed by atoms with Crippen molar-refractivity contribution in [2.24, 2.45) is 0 Å². The summed E-state index contributed by atoms with van der Waals surface area (Å²) < 4.78 is 26.9. The molecule has 1 aromatic heterocycles. The zero-order chi connectivity index (χ0) is 12.6. The monoisotopic (exact) mass is 377 g/mol. The van der Waals surface area contributed by atoms with E-state index in [0.717, 1.165) is 24.2 Å². The molecule has 0 saturated carbocycles. The average molecular weight is 379 g/mol. The number of halogens is 3. The van der Waals surface area contributed by atoms with Crippen LogP contribution in [-0.4, -0.2) is 30.6 Å². The molecule has 2 heterocycles. The highest BCUT2D eigenvalue weighted by Gasteiger charge is 2.36. The van der Waals surface area contributed by atoms with Gasteiger partial charge in [-0.25, -0.2) is 8.42 Å². The maximum absolute atomic E-state index is 12.4. The predicted octanol–water partition coefficient (Wildman–Crippen LogP) is 3.60. The van der Waals surface area contributed by atoms with Gasteiger partial charge in [-0.05, 0) is 18.9 Å². The lowest BCUT2D eigenvalue weighted by molar-refractivity contribution is 0.414. The molecule has 0 aliphatic carbocycles. The second-order valence-electron chi connectivity index (χ2n) is 3.75. The van der Waals surface area contributed by atoms with Gasteiger partial charge in [0.1, 0.15) is 9.23 Å². The van der Waals surface area contributed by atoms with E-state index in [1.807, 2.05) is 0 Å². The van der Waals surface area contributed by atoms with Crippen molar-refractivity contribution in [1.29, 1.82) is 0 Å². The lowest BCUT2D eigenvalue weighted by Gasteiger charge is -2.21. The first-order chi connectivity index (χ1) is 7.96. The van der Waals surface area contributed by atoms with E-state index in [0.29, 0.717) is 16.2 Å². The molecule has 2 rings (SSSR count). The molecule has 1 unspecified atom stereocenters. The Balaban J connectivity index is 2.39. The number of hydrogen-bond acceptors (Lipinski definition) is 3. The summed E-state index contributed by atoms with van der Waals surface area (Å²) in [6.45, 7) is 0.544.